The zero-order valence-corrected chi connectivity index (χ0v) is 17.4. The molecule has 0 unspecified atom stereocenters. The fraction of sp³-hybridized carbons (Fsp3) is 0.278. The van der Waals surface area contributed by atoms with Crippen molar-refractivity contribution in [2.45, 2.75) is 32.6 Å². The van der Waals surface area contributed by atoms with Gasteiger partial charge in [0.1, 0.15) is 0 Å². The van der Waals surface area contributed by atoms with Crippen LogP contribution in [0.1, 0.15) is 32.6 Å². The van der Waals surface area contributed by atoms with Gasteiger partial charge in [0.2, 0.25) is 0 Å². The second-order valence-electron chi connectivity index (χ2n) is 4.57. The molecule has 0 spiro atoms. The first kappa shape index (κ1) is 23.0. The number of hydrogen-bond acceptors (Lipinski definition) is 0. The molecule has 0 saturated heterocycles. The molecule has 0 aliphatic heterocycles. The number of benzene rings is 1. The molecule has 1 aliphatic rings. The molecule has 0 radical (unpaired) electrons. The molecule has 2 aromatic carbocycles. The van der Waals surface area contributed by atoms with Gasteiger partial charge in [-0.2, -0.15) is 23.6 Å². The number of unbranched alkanes of at least 4 members (excludes halogenated alkanes) is 1. The van der Waals surface area contributed by atoms with Gasteiger partial charge in [-0.3, -0.25) is 6.08 Å². The van der Waals surface area contributed by atoms with Crippen molar-refractivity contribution < 1.29 is 50.7 Å². The molecule has 1 aliphatic carbocycles. The summed E-state index contributed by atoms with van der Waals surface area (Å²) in [6.45, 7) is 2.22. The SMILES string of the molecule is CCCCC1=[C-]CC=C1.[Cl-].[Cl-].[Hf+4].c1ccc2[cH-]ccc2c1. The van der Waals surface area contributed by atoms with Gasteiger partial charge >= 0.3 is 25.8 Å². The third-order valence-electron chi connectivity index (χ3n) is 3.11. The van der Waals surface area contributed by atoms with Gasteiger partial charge < -0.3 is 24.8 Å². The van der Waals surface area contributed by atoms with Crippen LogP contribution in [-0.2, 0) is 25.8 Å². The van der Waals surface area contributed by atoms with E-state index in [2.05, 4.69) is 67.6 Å². The van der Waals surface area contributed by atoms with E-state index in [-0.39, 0.29) is 50.7 Å². The van der Waals surface area contributed by atoms with E-state index >= 15 is 0 Å². The second kappa shape index (κ2) is 13.4. The molecule has 0 aromatic heterocycles. The minimum atomic E-state index is 0. The Morgan fingerprint density at radius 3 is 2.52 bits per heavy atom. The summed E-state index contributed by atoms with van der Waals surface area (Å²) in [5.41, 5.74) is 1.41. The minimum Gasteiger partial charge on any atom is -1.00 e. The van der Waals surface area contributed by atoms with Crippen LogP contribution in [0, 0.1) is 6.08 Å². The van der Waals surface area contributed by atoms with Crippen molar-refractivity contribution in [1.29, 1.82) is 0 Å². The summed E-state index contributed by atoms with van der Waals surface area (Å²) >= 11 is 0. The molecule has 21 heavy (non-hydrogen) atoms. The van der Waals surface area contributed by atoms with E-state index in [4.69, 9.17) is 0 Å². The topological polar surface area (TPSA) is 0 Å². The summed E-state index contributed by atoms with van der Waals surface area (Å²) in [5, 5.41) is 2.66. The fourth-order valence-corrected chi connectivity index (χ4v) is 2.06. The summed E-state index contributed by atoms with van der Waals surface area (Å²) in [6.07, 6.45) is 12.5. The first-order valence-electron chi connectivity index (χ1n) is 6.77. The normalized spacial score (nSPS) is 11.4. The first-order valence-corrected chi connectivity index (χ1v) is 6.77. The Morgan fingerprint density at radius 2 is 1.90 bits per heavy atom. The van der Waals surface area contributed by atoms with Crippen LogP contribution in [0.4, 0.5) is 0 Å². The standard InChI is InChI=1S/C9H7.C9H13.2ClH.Hf/c1-2-5-9-7-3-6-8(9)4-1;1-2-3-6-9-7-4-5-8-9;;;/h1-7H;4,7H,2-3,5-6H2,1H3;2*1H;/q2*-1;;;+4/p-2. The molecule has 0 bridgehead atoms. The fourth-order valence-electron chi connectivity index (χ4n) is 2.06. The molecule has 3 heteroatoms. The van der Waals surface area contributed by atoms with Gasteiger partial charge in [-0.1, -0.05) is 32.3 Å². The van der Waals surface area contributed by atoms with E-state index < -0.39 is 0 Å². The van der Waals surface area contributed by atoms with Crippen LogP contribution in [0.2, 0.25) is 0 Å². The smallest absolute Gasteiger partial charge is 1.00 e. The van der Waals surface area contributed by atoms with E-state index in [9.17, 15) is 0 Å². The molecule has 0 atom stereocenters. The van der Waals surface area contributed by atoms with Crippen molar-refractivity contribution in [3.63, 3.8) is 0 Å². The van der Waals surface area contributed by atoms with Gasteiger partial charge in [-0.15, -0.1) is 36.1 Å². The largest absolute Gasteiger partial charge is 4.00 e. The van der Waals surface area contributed by atoms with Crippen LogP contribution in [0.5, 0.6) is 0 Å². The van der Waals surface area contributed by atoms with E-state index in [0.29, 0.717) is 0 Å². The summed E-state index contributed by atoms with van der Waals surface area (Å²) in [4.78, 5) is 0. The van der Waals surface area contributed by atoms with Crippen LogP contribution in [0.25, 0.3) is 10.8 Å². The van der Waals surface area contributed by atoms with E-state index in [1.54, 1.807) is 0 Å². The van der Waals surface area contributed by atoms with E-state index in [0.717, 1.165) is 6.42 Å². The average molecular weight is 486 g/mol. The molecule has 0 N–H and O–H groups in total. The molecule has 0 amide bonds. The van der Waals surface area contributed by atoms with Crippen molar-refractivity contribution in [1.82, 2.24) is 0 Å². The van der Waals surface area contributed by atoms with Crippen LogP contribution >= 0.6 is 0 Å². The Bertz CT molecular complexity index is 511. The van der Waals surface area contributed by atoms with Gasteiger partial charge in [0.05, 0.1) is 0 Å². The summed E-state index contributed by atoms with van der Waals surface area (Å²) in [5.74, 6) is 0. The van der Waals surface area contributed by atoms with Crippen molar-refractivity contribution >= 4 is 10.8 Å². The summed E-state index contributed by atoms with van der Waals surface area (Å²) < 4.78 is 0. The predicted octanol–water partition coefficient (Wildman–Crippen LogP) is -0.570. The molecule has 0 heterocycles. The van der Waals surface area contributed by atoms with Gasteiger partial charge in [0.15, 0.2) is 0 Å². The molecular formula is C18H20Cl2Hf. The zero-order valence-electron chi connectivity index (χ0n) is 12.3. The van der Waals surface area contributed by atoms with Crippen molar-refractivity contribution in [2.75, 3.05) is 0 Å². The quantitative estimate of drug-likeness (QED) is 0.404. The first-order chi connectivity index (χ1) is 8.90. The number of halogens is 2. The molecular weight excluding hydrogens is 466 g/mol. The maximum atomic E-state index is 3.30. The van der Waals surface area contributed by atoms with Crippen LogP contribution in [0.15, 0.2) is 60.2 Å². The number of fused-ring (bicyclic) bond motifs is 1. The van der Waals surface area contributed by atoms with Crippen molar-refractivity contribution in [2.24, 2.45) is 0 Å². The Labute approximate surface area is 159 Å². The number of allylic oxidation sites excluding steroid dienone is 4. The predicted molar refractivity (Wildman–Crippen MR) is 79.6 cm³/mol. The van der Waals surface area contributed by atoms with Gasteiger partial charge in [-0.05, 0) is 0 Å². The molecule has 0 nitrogen and oxygen atoms in total. The Hall–Kier alpha value is -0.240. The van der Waals surface area contributed by atoms with E-state index in [1.807, 2.05) is 0 Å². The van der Waals surface area contributed by atoms with E-state index in [1.165, 1.54) is 35.6 Å². The molecule has 0 fully saturated rings. The summed E-state index contributed by atoms with van der Waals surface area (Å²) in [7, 11) is 0. The third-order valence-corrected chi connectivity index (χ3v) is 3.11. The average Bonchev–Trinajstić information content (AvgIpc) is 3.08. The molecule has 0 saturated carbocycles. The number of rotatable bonds is 3. The zero-order chi connectivity index (χ0) is 12.6. The summed E-state index contributed by atoms with van der Waals surface area (Å²) in [6, 6.07) is 14.7. The Kier molecular flexibility index (Phi) is 14.7. The Morgan fingerprint density at radius 1 is 1.14 bits per heavy atom. The van der Waals surface area contributed by atoms with Crippen LogP contribution in [-0.4, -0.2) is 0 Å². The van der Waals surface area contributed by atoms with Crippen LogP contribution in [0.3, 0.4) is 0 Å². The van der Waals surface area contributed by atoms with Crippen molar-refractivity contribution in [3.05, 3.63) is 66.3 Å². The monoisotopic (exact) mass is 486 g/mol. The third kappa shape index (κ3) is 8.09. The van der Waals surface area contributed by atoms with Gasteiger partial charge in [0, 0.05) is 0 Å². The van der Waals surface area contributed by atoms with Crippen LogP contribution < -0.4 is 24.8 Å². The number of hydrogen-bond donors (Lipinski definition) is 0. The maximum Gasteiger partial charge on any atom is 4.00 e. The van der Waals surface area contributed by atoms with Crippen molar-refractivity contribution in [3.8, 4) is 0 Å². The maximum absolute atomic E-state index is 3.30. The molecule has 2 aromatic rings. The second-order valence-corrected chi connectivity index (χ2v) is 4.57. The van der Waals surface area contributed by atoms with Gasteiger partial charge in [-0.25, -0.2) is 11.6 Å². The minimum absolute atomic E-state index is 0. The molecule has 3 rings (SSSR count). The van der Waals surface area contributed by atoms with Gasteiger partial charge in [0.25, 0.3) is 0 Å². The Balaban J connectivity index is 0. The molecule has 110 valence electrons.